The normalized spacial score (nSPS) is 11.9. The van der Waals surface area contributed by atoms with Gasteiger partial charge in [0.25, 0.3) is 0 Å². The van der Waals surface area contributed by atoms with Crippen LogP contribution in [0.2, 0.25) is 0 Å². The van der Waals surface area contributed by atoms with E-state index in [9.17, 15) is 5.11 Å². The molecule has 1 aromatic carbocycles. The Hall–Kier alpha value is -0.314. The zero-order chi connectivity index (χ0) is 13.0. The van der Waals surface area contributed by atoms with Gasteiger partial charge in [-0.1, -0.05) is 43.9 Å². The second-order valence-corrected chi connectivity index (χ2v) is 4.21. The van der Waals surface area contributed by atoms with Gasteiger partial charge in [-0.3, -0.25) is 0 Å². The maximum absolute atomic E-state index is 12.2. The number of hydrogen-bond donors (Lipinski definition) is 2. The van der Waals surface area contributed by atoms with Crippen molar-refractivity contribution in [1.29, 1.82) is 0 Å². The molecular formula is C12H16KN5O. The maximum Gasteiger partial charge on any atom is 1.00 e. The molecule has 1 aromatic heterocycles. The first-order valence-corrected chi connectivity index (χ1v) is 6.01. The molecule has 0 spiro atoms. The van der Waals surface area contributed by atoms with Gasteiger partial charge in [0.1, 0.15) is 0 Å². The first kappa shape index (κ1) is 16.7. The van der Waals surface area contributed by atoms with Gasteiger partial charge >= 0.3 is 51.4 Å². The quantitative estimate of drug-likeness (QED) is 0.490. The minimum atomic E-state index is -0.779. The second kappa shape index (κ2) is 8.08. The summed E-state index contributed by atoms with van der Waals surface area (Å²) < 4.78 is 0. The molecule has 0 fully saturated rings. The molecule has 7 heteroatoms. The van der Waals surface area contributed by atoms with Gasteiger partial charge in [-0.25, -0.2) is 0 Å². The van der Waals surface area contributed by atoms with Crippen molar-refractivity contribution in [2.45, 2.75) is 32.3 Å². The van der Waals surface area contributed by atoms with Crippen molar-refractivity contribution in [1.82, 2.24) is 20.6 Å². The van der Waals surface area contributed by atoms with E-state index in [4.69, 9.17) is 5.73 Å². The first-order chi connectivity index (χ1) is 8.72. The van der Waals surface area contributed by atoms with Crippen molar-refractivity contribution in [2.24, 2.45) is 0 Å². The van der Waals surface area contributed by atoms with Gasteiger partial charge in [-0.05, 0) is 17.3 Å². The number of tetrazole rings is 1. The number of anilines is 1. The molecule has 2 aromatic rings. The number of nitrogen functional groups attached to an aromatic ring is 1. The van der Waals surface area contributed by atoms with Crippen LogP contribution < -0.4 is 62.2 Å². The number of nitrogens with one attached hydrogen (secondary N) is 1. The Morgan fingerprint density at radius 1 is 1.42 bits per heavy atom. The van der Waals surface area contributed by atoms with Crippen LogP contribution in [-0.2, 0) is 0 Å². The van der Waals surface area contributed by atoms with E-state index in [1.54, 1.807) is 18.2 Å². The zero-order valence-corrected chi connectivity index (χ0v) is 14.4. The van der Waals surface area contributed by atoms with Gasteiger partial charge < -0.3 is 10.8 Å². The largest absolute Gasteiger partial charge is 1.00 e. The Morgan fingerprint density at radius 2 is 2.21 bits per heavy atom. The molecular weight excluding hydrogens is 269 g/mol. The molecule has 0 aliphatic heterocycles. The monoisotopic (exact) mass is 285 g/mol. The smallest absolute Gasteiger partial charge is 0.849 e. The van der Waals surface area contributed by atoms with Crippen molar-refractivity contribution in [3.8, 4) is 11.4 Å². The van der Waals surface area contributed by atoms with Crippen LogP contribution in [0.25, 0.3) is 11.4 Å². The van der Waals surface area contributed by atoms with Gasteiger partial charge in [0.2, 0.25) is 5.82 Å². The second-order valence-electron chi connectivity index (χ2n) is 4.21. The van der Waals surface area contributed by atoms with Crippen LogP contribution in [0.15, 0.2) is 18.2 Å². The Labute approximate surface area is 154 Å². The van der Waals surface area contributed by atoms with E-state index < -0.39 is 6.10 Å². The summed E-state index contributed by atoms with van der Waals surface area (Å²) in [6.07, 6.45) is 1.74. The summed E-state index contributed by atoms with van der Waals surface area (Å²) in [5.74, 6) is 0.412. The average molecular weight is 285 g/mol. The first-order valence-electron chi connectivity index (χ1n) is 6.01. The van der Waals surface area contributed by atoms with Crippen molar-refractivity contribution >= 4 is 5.69 Å². The third-order valence-corrected chi connectivity index (χ3v) is 2.83. The van der Waals surface area contributed by atoms with Gasteiger partial charge in [0.15, 0.2) is 0 Å². The summed E-state index contributed by atoms with van der Waals surface area (Å²) in [6.45, 7) is 2.07. The molecule has 0 amide bonds. The van der Waals surface area contributed by atoms with Crippen LogP contribution in [0, 0.1) is 0 Å². The summed E-state index contributed by atoms with van der Waals surface area (Å²) in [4.78, 5) is 0. The summed E-state index contributed by atoms with van der Waals surface area (Å²) in [5.41, 5.74) is 7.68. The van der Waals surface area contributed by atoms with Crippen LogP contribution >= 0.6 is 0 Å². The molecule has 1 atom stereocenters. The fourth-order valence-electron chi connectivity index (χ4n) is 1.87. The van der Waals surface area contributed by atoms with Crippen molar-refractivity contribution in [2.75, 3.05) is 5.73 Å². The van der Waals surface area contributed by atoms with Crippen molar-refractivity contribution < 1.29 is 56.5 Å². The van der Waals surface area contributed by atoms with Crippen LogP contribution in [0.4, 0.5) is 5.69 Å². The van der Waals surface area contributed by atoms with E-state index >= 15 is 0 Å². The van der Waals surface area contributed by atoms with E-state index in [0.717, 1.165) is 12.8 Å². The predicted octanol–water partition coefficient (Wildman–Crippen LogP) is -1.96. The minimum absolute atomic E-state index is 0. The van der Waals surface area contributed by atoms with Gasteiger partial charge in [0.05, 0.1) is 0 Å². The van der Waals surface area contributed by atoms with Gasteiger partial charge in [-0.15, -0.1) is 10.2 Å². The van der Waals surface area contributed by atoms with E-state index in [1.807, 2.05) is 0 Å². The number of nitrogens with two attached hydrogens (primary N) is 1. The standard InChI is InChI=1S/C12H16N5O.K/c1-2-3-4-11(18)9-6-5-8(13)7-10(9)12-14-16-17-15-12;/h5-7,11H,2-4,13H2,1H3,(H,14,15,16,17);/q-1;+1. The molecule has 1 unspecified atom stereocenters. The minimum Gasteiger partial charge on any atom is -0.849 e. The molecule has 3 N–H and O–H groups in total. The van der Waals surface area contributed by atoms with Crippen molar-refractivity contribution in [3.05, 3.63) is 23.8 Å². The van der Waals surface area contributed by atoms with Gasteiger partial charge in [0, 0.05) is 11.3 Å². The Bertz CT molecular complexity index is 503. The third-order valence-electron chi connectivity index (χ3n) is 2.83. The summed E-state index contributed by atoms with van der Waals surface area (Å²) in [5, 5.41) is 25.9. The van der Waals surface area contributed by atoms with E-state index in [0.29, 0.717) is 29.1 Å². The fourth-order valence-corrected chi connectivity index (χ4v) is 1.87. The summed E-state index contributed by atoms with van der Waals surface area (Å²) in [6, 6.07) is 5.21. The Balaban J connectivity index is 0.00000180. The van der Waals surface area contributed by atoms with Crippen molar-refractivity contribution in [3.63, 3.8) is 0 Å². The molecule has 1 heterocycles. The van der Waals surface area contributed by atoms with E-state index in [2.05, 4.69) is 27.5 Å². The average Bonchev–Trinajstić information content (AvgIpc) is 2.89. The van der Waals surface area contributed by atoms with Gasteiger partial charge in [-0.2, -0.15) is 5.21 Å². The number of rotatable bonds is 5. The van der Waals surface area contributed by atoms with E-state index in [1.165, 1.54) is 0 Å². The number of H-pyrrole nitrogens is 1. The molecule has 0 saturated carbocycles. The topological polar surface area (TPSA) is 104 Å². The molecule has 0 radical (unpaired) electrons. The molecule has 0 aliphatic carbocycles. The summed E-state index contributed by atoms with van der Waals surface area (Å²) in [7, 11) is 0. The summed E-state index contributed by atoms with van der Waals surface area (Å²) >= 11 is 0. The molecule has 19 heavy (non-hydrogen) atoms. The van der Waals surface area contributed by atoms with Crippen LogP contribution in [0.1, 0.15) is 37.9 Å². The fraction of sp³-hybridized carbons (Fsp3) is 0.417. The Morgan fingerprint density at radius 3 is 2.84 bits per heavy atom. The number of aromatic amines is 1. The van der Waals surface area contributed by atoms with Crippen LogP contribution in [-0.4, -0.2) is 20.6 Å². The SMILES string of the molecule is CCCCC([O-])c1ccc(N)cc1-c1nn[nH]n1.[K+]. The maximum atomic E-state index is 12.2. The van der Waals surface area contributed by atoms with E-state index in [-0.39, 0.29) is 51.4 Å². The molecule has 6 nitrogen and oxygen atoms in total. The van der Waals surface area contributed by atoms with Crippen LogP contribution in [0.5, 0.6) is 0 Å². The van der Waals surface area contributed by atoms with Crippen LogP contribution in [0.3, 0.4) is 0 Å². The number of aromatic nitrogens is 4. The Kier molecular flexibility index (Phi) is 7.12. The number of unbranched alkanes of at least 4 members (excludes halogenated alkanes) is 1. The zero-order valence-electron chi connectivity index (χ0n) is 11.3. The number of benzene rings is 1. The molecule has 0 aliphatic rings. The molecule has 2 rings (SSSR count). The molecule has 0 bridgehead atoms. The predicted molar refractivity (Wildman–Crippen MR) is 66.3 cm³/mol. The molecule has 0 saturated heterocycles. The molecule has 96 valence electrons. The number of nitrogens with zero attached hydrogens (tertiary/aromatic N) is 3. The number of hydrogen-bond acceptors (Lipinski definition) is 5. The third kappa shape index (κ3) is 4.33.